The first-order chi connectivity index (χ1) is 9.63. The van der Waals surface area contributed by atoms with Crippen LogP contribution in [0.3, 0.4) is 0 Å². The fourth-order valence-corrected chi connectivity index (χ4v) is 2.07. The largest absolute Gasteiger partial charge is 0.329 e. The highest BCUT2D eigenvalue weighted by atomic mass is 35.5. The zero-order valence-corrected chi connectivity index (χ0v) is 11.4. The van der Waals surface area contributed by atoms with E-state index in [1.54, 1.807) is 6.07 Å². The van der Waals surface area contributed by atoms with Gasteiger partial charge in [-0.05, 0) is 17.7 Å². The molecule has 0 fully saturated rings. The Bertz CT molecular complexity index is 604. The van der Waals surface area contributed by atoms with Crippen molar-refractivity contribution < 1.29 is 9.18 Å². The Kier molecular flexibility index (Phi) is 4.71. The van der Waals surface area contributed by atoms with Gasteiger partial charge in [0.25, 0.3) is 0 Å². The number of halogens is 2. The molecule has 0 aliphatic carbocycles. The summed E-state index contributed by atoms with van der Waals surface area (Å²) in [6, 6.07) is 13.6. The van der Waals surface area contributed by atoms with Gasteiger partial charge in [-0.2, -0.15) is 0 Å². The van der Waals surface area contributed by atoms with E-state index in [-0.39, 0.29) is 23.2 Å². The van der Waals surface area contributed by atoms with Gasteiger partial charge in [-0.1, -0.05) is 48.0 Å². The number of hydrogen-bond donors (Lipinski definition) is 2. The molecule has 5 heteroatoms. The molecule has 2 aromatic carbocycles. The number of hydrogen-bond acceptors (Lipinski definition) is 2. The van der Waals surface area contributed by atoms with Gasteiger partial charge in [-0.15, -0.1) is 0 Å². The lowest BCUT2D eigenvalue weighted by molar-refractivity contribution is -0.117. The number of anilines is 1. The number of nitrogens with two attached hydrogens (primary N) is 1. The van der Waals surface area contributed by atoms with Crippen molar-refractivity contribution in [3.63, 3.8) is 0 Å². The maximum atomic E-state index is 13.8. The molecule has 3 N–H and O–H groups in total. The van der Waals surface area contributed by atoms with Gasteiger partial charge in [0.2, 0.25) is 5.91 Å². The molecular formula is C15H14ClFN2O. The average molecular weight is 293 g/mol. The number of rotatable bonds is 4. The minimum absolute atomic E-state index is 0.0354. The van der Waals surface area contributed by atoms with Crippen LogP contribution in [-0.4, -0.2) is 12.5 Å². The van der Waals surface area contributed by atoms with Crippen LogP contribution < -0.4 is 11.1 Å². The quantitative estimate of drug-likeness (QED) is 0.909. The molecule has 0 saturated carbocycles. The summed E-state index contributed by atoms with van der Waals surface area (Å²) in [6.07, 6.45) is 0. The van der Waals surface area contributed by atoms with Crippen molar-refractivity contribution >= 4 is 23.2 Å². The lowest BCUT2D eigenvalue weighted by Crippen LogP contribution is -2.27. The zero-order valence-electron chi connectivity index (χ0n) is 10.6. The van der Waals surface area contributed by atoms with Crippen molar-refractivity contribution in [2.75, 3.05) is 11.9 Å². The molecule has 1 unspecified atom stereocenters. The molecule has 0 aliphatic heterocycles. The second kappa shape index (κ2) is 6.50. The van der Waals surface area contributed by atoms with Gasteiger partial charge in [0.15, 0.2) is 5.82 Å². The van der Waals surface area contributed by atoms with Crippen LogP contribution in [0.25, 0.3) is 0 Å². The molecule has 0 bridgehead atoms. The summed E-state index contributed by atoms with van der Waals surface area (Å²) in [6.45, 7) is 0.137. The summed E-state index contributed by atoms with van der Waals surface area (Å²) in [4.78, 5) is 12.2. The molecule has 1 amide bonds. The van der Waals surface area contributed by atoms with Gasteiger partial charge in [0.1, 0.15) is 0 Å². The summed E-state index contributed by atoms with van der Waals surface area (Å²) >= 11 is 5.68. The van der Waals surface area contributed by atoms with E-state index in [9.17, 15) is 9.18 Å². The average Bonchev–Trinajstić information content (AvgIpc) is 2.46. The summed E-state index contributed by atoms with van der Waals surface area (Å²) in [5.41, 5.74) is 6.49. The van der Waals surface area contributed by atoms with E-state index in [0.29, 0.717) is 0 Å². The second-order valence-electron chi connectivity index (χ2n) is 4.29. The van der Waals surface area contributed by atoms with Gasteiger partial charge in [-0.25, -0.2) is 4.39 Å². The van der Waals surface area contributed by atoms with Crippen LogP contribution in [0.2, 0.25) is 5.02 Å². The van der Waals surface area contributed by atoms with Crippen molar-refractivity contribution in [2.45, 2.75) is 5.92 Å². The Morgan fingerprint density at radius 2 is 1.90 bits per heavy atom. The molecule has 1 atom stereocenters. The molecule has 2 aromatic rings. The lowest BCUT2D eigenvalue weighted by atomic mass is 9.98. The van der Waals surface area contributed by atoms with Crippen LogP contribution in [0, 0.1) is 5.82 Å². The van der Waals surface area contributed by atoms with Crippen LogP contribution in [0.4, 0.5) is 10.1 Å². The maximum absolute atomic E-state index is 13.8. The summed E-state index contributed by atoms with van der Waals surface area (Å²) in [5.74, 6) is -1.54. The van der Waals surface area contributed by atoms with E-state index in [0.717, 1.165) is 5.56 Å². The van der Waals surface area contributed by atoms with E-state index < -0.39 is 11.7 Å². The predicted molar refractivity (Wildman–Crippen MR) is 78.3 cm³/mol. The highest BCUT2D eigenvalue weighted by molar-refractivity contribution is 6.31. The highest BCUT2D eigenvalue weighted by Gasteiger charge is 2.20. The van der Waals surface area contributed by atoms with Crippen molar-refractivity contribution in [3.8, 4) is 0 Å². The summed E-state index contributed by atoms with van der Waals surface area (Å²) < 4.78 is 13.8. The Morgan fingerprint density at radius 3 is 2.55 bits per heavy atom. The molecule has 0 spiro atoms. The number of amides is 1. The minimum Gasteiger partial charge on any atom is -0.329 e. The fraction of sp³-hybridized carbons (Fsp3) is 0.133. The van der Waals surface area contributed by atoms with Gasteiger partial charge < -0.3 is 11.1 Å². The minimum atomic E-state index is -0.647. The lowest BCUT2D eigenvalue weighted by Gasteiger charge is -2.15. The molecule has 104 valence electrons. The molecule has 0 heterocycles. The third kappa shape index (κ3) is 3.15. The predicted octanol–water partition coefficient (Wildman–Crippen LogP) is 3.16. The molecule has 20 heavy (non-hydrogen) atoms. The monoisotopic (exact) mass is 292 g/mol. The van der Waals surface area contributed by atoms with Crippen molar-refractivity contribution in [1.82, 2.24) is 0 Å². The summed E-state index contributed by atoms with van der Waals surface area (Å²) in [5, 5.41) is 2.49. The topological polar surface area (TPSA) is 55.1 Å². The van der Waals surface area contributed by atoms with E-state index >= 15 is 0 Å². The number of carbonyl (C=O) groups excluding carboxylic acids is 1. The molecule has 3 nitrogen and oxygen atoms in total. The highest BCUT2D eigenvalue weighted by Crippen LogP contribution is 2.24. The Labute approximate surface area is 121 Å². The first kappa shape index (κ1) is 14.5. The Hall–Kier alpha value is -1.91. The van der Waals surface area contributed by atoms with Crippen LogP contribution in [0.15, 0.2) is 48.5 Å². The number of nitrogens with one attached hydrogen (secondary N) is 1. The van der Waals surface area contributed by atoms with Gasteiger partial charge in [-0.3, -0.25) is 4.79 Å². The van der Waals surface area contributed by atoms with Crippen molar-refractivity contribution in [1.29, 1.82) is 0 Å². The van der Waals surface area contributed by atoms with Crippen LogP contribution in [0.1, 0.15) is 11.5 Å². The van der Waals surface area contributed by atoms with Crippen LogP contribution in [0.5, 0.6) is 0 Å². The Balaban J connectivity index is 2.20. The SMILES string of the molecule is NCC(C(=O)Nc1cccc(Cl)c1F)c1ccccc1. The zero-order chi connectivity index (χ0) is 14.5. The van der Waals surface area contributed by atoms with E-state index in [2.05, 4.69) is 5.32 Å². The van der Waals surface area contributed by atoms with E-state index in [1.165, 1.54) is 12.1 Å². The molecule has 0 aromatic heterocycles. The van der Waals surface area contributed by atoms with E-state index in [4.69, 9.17) is 17.3 Å². The molecular weight excluding hydrogens is 279 g/mol. The summed E-state index contributed by atoms with van der Waals surface area (Å²) in [7, 11) is 0. The van der Waals surface area contributed by atoms with E-state index in [1.807, 2.05) is 30.3 Å². The molecule has 0 aliphatic rings. The Morgan fingerprint density at radius 1 is 1.20 bits per heavy atom. The normalized spacial score (nSPS) is 11.9. The third-order valence-electron chi connectivity index (χ3n) is 2.96. The fourth-order valence-electron chi connectivity index (χ4n) is 1.90. The van der Waals surface area contributed by atoms with Crippen LogP contribution in [-0.2, 0) is 4.79 Å². The molecule has 2 rings (SSSR count). The standard InChI is InChI=1S/C15H14ClFN2O/c16-12-7-4-8-13(14(12)17)19-15(20)11(9-18)10-5-2-1-3-6-10/h1-8,11H,9,18H2,(H,19,20). The number of benzene rings is 2. The van der Waals surface area contributed by atoms with Crippen LogP contribution >= 0.6 is 11.6 Å². The first-order valence-corrected chi connectivity index (χ1v) is 6.51. The second-order valence-corrected chi connectivity index (χ2v) is 4.70. The van der Waals surface area contributed by atoms with Gasteiger partial charge in [0.05, 0.1) is 16.6 Å². The third-order valence-corrected chi connectivity index (χ3v) is 3.26. The molecule has 0 saturated heterocycles. The maximum Gasteiger partial charge on any atom is 0.233 e. The first-order valence-electron chi connectivity index (χ1n) is 6.13. The van der Waals surface area contributed by atoms with Crippen molar-refractivity contribution in [2.24, 2.45) is 5.73 Å². The molecule has 0 radical (unpaired) electrons. The van der Waals surface area contributed by atoms with Crippen molar-refractivity contribution in [3.05, 3.63) is 64.9 Å². The van der Waals surface area contributed by atoms with Gasteiger partial charge in [0, 0.05) is 6.54 Å². The number of carbonyl (C=O) groups is 1. The van der Waals surface area contributed by atoms with Gasteiger partial charge >= 0.3 is 0 Å². The smallest absolute Gasteiger partial charge is 0.233 e.